The van der Waals surface area contributed by atoms with Crippen molar-refractivity contribution in [3.63, 3.8) is 0 Å². The smallest absolute Gasteiger partial charge is 0.399 e. The molecule has 0 spiro atoms. The van der Waals surface area contributed by atoms with Crippen LogP contribution in [-0.4, -0.2) is 22.9 Å². The fourth-order valence-corrected chi connectivity index (χ4v) is 2.29. The summed E-state index contributed by atoms with van der Waals surface area (Å²) in [6.45, 7) is 8.28. The van der Waals surface area contributed by atoms with Crippen LogP contribution in [0.2, 0.25) is 0 Å². The van der Waals surface area contributed by atoms with Gasteiger partial charge in [0.25, 0.3) is 0 Å². The molecule has 0 aliphatic carbocycles. The van der Waals surface area contributed by atoms with Crippen LogP contribution in [0.25, 0.3) is 5.69 Å². The normalized spacial score (nSPS) is 20.3. The summed E-state index contributed by atoms with van der Waals surface area (Å²) in [5, 5.41) is 0. The molecule has 0 unspecified atom stereocenters. The molecule has 1 aromatic carbocycles. The second kappa shape index (κ2) is 4.50. The van der Waals surface area contributed by atoms with E-state index in [0.29, 0.717) is 0 Å². The Morgan fingerprint density at radius 2 is 1.35 bits per heavy atom. The standard InChI is InChI=1S/C16H20BNO2/c1-15(2)16(3,4)20-17(19-15)13-7-9-14(10-8-13)18-11-5-6-12-18/h5-12H,1-4H3. The first-order chi connectivity index (χ1) is 9.39. The van der Waals surface area contributed by atoms with Crippen LogP contribution in [0.5, 0.6) is 0 Å². The van der Waals surface area contributed by atoms with Gasteiger partial charge in [0.2, 0.25) is 0 Å². The first-order valence-corrected chi connectivity index (χ1v) is 6.98. The molecule has 0 amide bonds. The van der Waals surface area contributed by atoms with Gasteiger partial charge >= 0.3 is 7.12 Å². The van der Waals surface area contributed by atoms with Crippen molar-refractivity contribution in [1.82, 2.24) is 4.57 Å². The van der Waals surface area contributed by atoms with E-state index in [-0.39, 0.29) is 18.3 Å². The van der Waals surface area contributed by atoms with Crippen molar-refractivity contribution in [2.75, 3.05) is 0 Å². The molecule has 0 atom stereocenters. The predicted octanol–water partition coefficient (Wildman–Crippen LogP) is 2.78. The molecule has 0 radical (unpaired) electrons. The van der Waals surface area contributed by atoms with E-state index in [9.17, 15) is 0 Å². The van der Waals surface area contributed by atoms with Crippen molar-refractivity contribution in [2.45, 2.75) is 38.9 Å². The number of hydrogen-bond donors (Lipinski definition) is 0. The highest BCUT2D eigenvalue weighted by Crippen LogP contribution is 2.36. The number of aromatic nitrogens is 1. The largest absolute Gasteiger partial charge is 0.494 e. The molecule has 4 heteroatoms. The number of rotatable bonds is 2. The third kappa shape index (κ3) is 2.19. The fourth-order valence-electron chi connectivity index (χ4n) is 2.29. The third-order valence-corrected chi connectivity index (χ3v) is 4.32. The molecule has 104 valence electrons. The summed E-state index contributed by atoms with van der Waals surface area (Å²) in [6.07, 6.45) is 4.06. The van der Waals surface area contributed by atoms with Crippen molar-refractivity contribution in [1.29, 1.82) is 0 Å². The minimum Gasteiger partial charge on any atom is -0.399 e. The Balaban J connectivity index is 1.83. The van der Waals surface area contributed by atoms with Crippen LogP contribution in [0.15, 0.2) is 48.8 Å². The summed E-state index contributed by atoms with van der Waals surface area (Å²) < 4.78 is 14.2. The first-order valence-electron chi connectivity index (χ1n) is 6.98. The Kier molecular flexibility index (Phi) is 3.03. The lowest BCUT2D eigenvalue weighted by Gasteiger charge is -2.32. The molecular weight excluding hydrogens is 249 g/mol. The molecular formula is C16H20BNO2. The van der Waals surface area contributed by atoms with Crippen molar-refractivity contribution < 1.29 is 9.31 Å². The van der Waals surface area contributed by atoms with Crippen LogP contribution < -0.4 is 5.46 Å². The summed E-state index contributed by atoms with van der Waals surface area (Å²) in [6, 6.07) is 12.3. The summed E-state index contributed by atoms with van der Waals surface area (Å²) in [5.74, 6) is 0. The molecule has 1 aromatic heterocycles. The zero-order chi connectivity index (χ0) is 14.4. The SMILES string of the molecule is CC1(C)OB(c2ccc(-n3cccc3)cc2)OC1(C)C. The number of benzene rings is 1. The van der Waals surface area contributed by atoms with Crippen molar-refractivity contribution in [3.05, 3.63) is 48.8 Å². The van der Waals surface area contributed by atoms with E-state index in [1.807, 2.05) is 24.5 Å². The molecule has 0 bridgehead atoms. The average Bonchev–Trinajstić information content (AvgIpc) is 2.97. The highest BCUT2D eigenvalue weighted by molar-refractivity contribution is 6.62. The summed E-state index contributed by atoms with van der Waals surface area (Å²) >= 11 is 0. The molecule has 0 saturated carbocycles. The number of nitrogens with zero attached hydrogens (tertiary/aromatic N) is 1. The van der Waals surface area contributed by atoms with Crippen molar-refractivity contribution in [2.24, 2.45) is 0 Å². The van der Waals surface area contributed by atoms with Gasteiger partial charge in [-0.1, -0.05) is 12.1 Å². The van der Waals surface area contributed by atoms with Gasteiger partial charge in [-0.25, -0.2) is 0 Å². The maximum atomic E-state index is 6.05. The average molecular weight is 269 g/mol. The Morgan fingerprint density at radius 3 is 1.85 bits per heavy atom. The highest BCUT2D eigenvalue weighted by Gasteiger charge is 2.51. The van der Waals surface area contributed by atoms with Gasteiger partial charge in [0, 0.05) is 18.1 Å². The lowest BCUT2D eigenvalue weighted by molar-refractivity contribution is 0.00578. The maximum Gasteiger partial charge on any atom is 0.494 e. The van der Waals surface area contributed by atoms with E-state index in [2.05, 4.69) is 56.5 Å². The molecule has 3 nitrogen and oxygen atoms in total. The monoisotopic (exact) mass is 269 g/mol. The minimum atomic E-state index is -0.295. The molecule has 2 aromatic rings. The summed E-state index contributed by atoms with van der Waals surface area (Å²) in [5.41, 5.74) is 1.60. The minimum absolute atomic E-state index is 0.293. The van der Waals surface area contributed by atoms with Gasteiger partial charge in [0.1, 0.15) is 0 Å². The Hall–Kier alpha value is -1.52. The molecule has 0 N–H and O–H groups in total. The second-order valence-electron chi connectivity index (χ2n) is 6.27. The van der Waals surface area contributed by atoms with Gasteiger partial charge in [0.15, 0.2) is 0 Å². The Morgan fingerprint density at radius 1 is 0.850 bits per heavy atom. The van der Waals surface area contributed by atoms with Crippen LogP contribution >= 0.6 is 0 Å². The van der Waals surface area contributed by atoms with Gasteiger partial charge in [0.05, 0.1) is 11.2 Å². The van der Waals surface area contributed by atoms with Crippen molar-refractivity contribution >= 4 is 12.6 Å². The van der Waals surface area contributed by atoms with Crippen LogP contribution in [0.4, 0.5) is 0 Å². The molecule has 20 heavy (non-hydrogen) atoms. The van der Waals surface area contributed by atoms with E-state index in [1.54, 1.807) is 0 Å². The third-order valence-electron chi connectivity index (χ3n) is 4.32. The zero-order valence-electron chi connectivity index (χ0n) is 12.5. The molecule has 1 fully saturated rings. The molecule has 1 aliphatic heterocycles. The lowest BCUT2D eigenvalue weighted by Crippen LogP contribution is -2.41. The highest BCUT2D eigenvalue weighted by atomic mass is 16.7. The van der Waals surface area contributed by atoms with Crippen LogP contribution in [0, 0.1) is 0 Å². The molecule has 1 saturated heterocycles. The fraction of sp³-hybridized carbons (Fsp3) is 0.375. The summed E-state index contributed by atoms with van der Waals surface area (Å²) in [7, 11) is -0.293. The summed E-state index contributed by atoms with van der Waals surface area (Å²) in [4.78, 5) is 0. The van der Waals surface area contributed by atoms with E-state index in [4.69, 9.17) is 9.31 Å². The van der Waals surface area contributed by atoms with E-state index < -0.39 is 0 Å². The predicted molar refractivity (Wildman–Crippen MR) is 81.5 cm³/mol. The van der Waals surface area contributed by atoms with Gasteiger partial charge in [-0.2, -0.15) is 0 Å². The van der Waals surface area contributed by atoms with Gasteiger partial charge in [-0.05, 0) is 57.4 Å². The first kappa shape index (κ1) is 13.5. The van der Waals surface area contributed by atoms with Crippen LogP contribution in [-0.2, 0) is 9.31 Å². The van der Waals surface area contributed by atoms with Gasteiger partial charge < -0.3 is 13.9 Å². The van der Waals surface area contributed by atoms with E-state index in [0.717, 1.165) is 11.2 Å². The van der Waals surface area contributed by atoms with E-state index in [1.165, 1.54) is 0 Å². The lowest BCUT2D eigenvalue weighted by atomic mass is 9.79. The van der Waals surface area contributed by atoms with E-state index >= 15 is 0 Å². The van der Waals surface area contributed by atoms with Crippen LogP contribution in [0.3, 0.4) is 0 Å². The molecule has 1 aliphatic rings. The maximum absolute atomic E-state index is 6.05. The Bertz CT molecular complexity index is 571. The van der Waals surface area contributed by atoms with Gasteiger partial charge in [-0.3, -0.25) is 0 Å². The zero-order valence-corrected chi connectivity index (χ0v) is 12.5. The quantitative estimate of drug-likeness (QED) is 0.782. The molecule has 2 heterocycles. The molecule has 3 rings (SSSR count). The number of hydrogen-bond acceptors (Lipinski definition) is 2. The second-order valence-corrected chi connectivity index (χ2v) is 6.27. The van der Waals surface area contributed by atoms with Gasteiger partial charge in [-0.15, -0.1) is 0 Å². The van der Waals surface area contributed by atoms with Crippen molar-refractivity contribution in [3.8, 4) is 5.69 Å². The topological polar surface area (TPSA) is 23.4 Å². The van der Waals surface area contributed by atoms with Crippen LogP contribution in [0.1, 0.15) is 27.7 Å². The Labute approximate surface area is 120 Å².